The van der Waals surface area contributed by atoms with Gasteiger partial charge < -0.3 is 10.6 Å². The van der Waals surface area contributed by atoms with Crippen molar-refractivity contribution in [3.8, 4) is 0 Å². The van der Waals surface area contributed by atoms with E-state index in [-0.39, 0.29) is 5.41 Å². The molecule has 2 rings (SSSR count). The highest BCUT2D eigenvalue weighted by atomic mass is 15.1. The number of aromatic nitrogens is 2. The minimum absolute atomic E-state index is 0.0452. The van der Waals surface area contributed by atoms with Gasteiger partial charge in [-0.25, -0.2) is 9.97 Å². The lowest BCUT2D eigenvalue weighted by molar-refractivity contribution is 0.434. The highest BCUT2D eigenvalue weighted by Gasteiger charge is 2.30. The maximum atomic E-state index is 4.75. The molecule has 3 atom stereocenters. The quantitative estimate of drug-likeness (QED) is 0.878. The molecule has 0 bridgehead atoms. The number of nitrogens with zero attached hydrogens (tertiary/aromatic N) is 2. The number of hydrogen-bond acceptors (Lipinski definition) is 4. The van der Waals surface area contributed by atoms with Crippen molar-refractivity contribution in [3.63, 3.8) is 0 Å². The van der Waals surface area contributed by atoms with Crippen LogP contribution < -0.4 is 10.6 Å². The topological polar surface area (TPSA) is 49.8 Å². The van der Waals surface area contributed by atoms with Gasteiger partial charge in [0, 0.05) is 24.1 Å². The zero-order chi connectivity index (χ0) is 15.6. The van der Waals surface area contributed by atoms with E-state index < -0.39 is 0 Å². The zero-order valence-electron chi connectivity index (χ0n) is 14.3. The summed E-state index contributed by atoms with van der Waals surface area (Å²) in [5.41, 5.74) is -0.0452. The Morgan fingerprint density at radius 3 is 2.33 bits per heavy atom. The Hall–Kier alpha value is -1.32. The lowest BCUT2D eigenvalue weighted by atomic mass is 9.95. The van der Waals surface area contributed by atoms with Gasteiger partial charge in [-0.2, -0.15) is 0 Å². The van der Waals surface area contributed by atoms with Crippen LogP contribution in [0.5, 0.6) is 0 Å². The molecule has 0 radical (unpaired) electrons. The molecular weight excluding hydrogens is 260 g/mol. The molecule has 21 heavy (non-hydrogen) atoms. The normalized spacial score (nSPS) is 25.9. The predicted octanol–water partition coefficient (Wildman–Crippen LogP) is 4.05. The van der Waals surface area contributed by atoms with E-state index in [1.165, 1.54) is 12.8 Å². The van der Waals surface area contributed by atoms with E-state index in [0.29, 0.717) is 12.0 Å². The monoisotopic (exact) mass is 290 g/mol. The molecule has 0 aromatic carbocycles. The van der Waals surface area contributed by atoms with Gasteiger partial charge in [0.15, 0.2) is 0 Å². The molecule has 4 heteroatoms. The van der Waals surface area contributed by atoms with Crippen LogP contribution in [0.25, 0.3) is 0 Å². The molecule has 1 aromatic heterocycles. The summed E-state index contributed by atoms with van der Waals surface area (Å²) in [4.78, 5) is 9.39. The lowest BCUT2D eigenvalue weighted by Gasteiger charge is -2.23. The van der Waals surface area contributed by atoms with Crippen molar-refractivity contribution in [2.24, 2.45) is 11.8 Å². The summed E-state index contributed by atoms with van der Waals surface area (Å²) >= 11 is 0. The Bertz CT molecular complexity index is 478. The molecule has 1 saturated carbocycles. The number of rotatable bonds is 4. The summed E-state index contributed by atoms with van der Waals surface area (Å²) < 4.78 is 0. The Morgan fingerprint density at radius 1 is 1.14 bits per heavy atom. The summed E-state index contributed by atoms with van der Waals surface area (Å²) in [6, 6.07) is 2.56. The molecule has 4 nitrogen and oxygen atoms in total. The number of nitrogens with one attached hydrogen (secondary N) is 2. The van der Waals surface area contributed by atoms with Gasteiger partial charge in [0.1, 0.15) is 17.5 Å². The molecule has 0 saturated heterocycles. The molecule has 0 aliphatic heterocycles. The third-order valence-corrected chi connectivity index (χ3v) is 4.55. The molecule has 3 unspecified atom stereocenters. The second-order valence-electron chi connectivity index (χ2n) is 7.41. The summed E-state index contributed by atoms with van der Waals surface area (Å²) in [5, 5.41) is 6.96. The van der Waals surface area contributed by atoms with Gasteiger partial charge >= 0.3 is 0 Å². The minimum Gasteiger partial charge on any atom is -0.370 e. The fourth-order valence-electron chi connectivity index (χ4n) is 2.89. The average molecular weight is 290 g/mol. The highest BCUT2D eigenvalue weighted by molar-refractivity contribution is 5.49. The van der Waals surface area contributed by atoms with Crippen LogP contribution in [-0.4, -0.2) is 22.6 Å². The van der Waals surface area contributed by atoms with Gasteiger partial charge in [-0.1, -0.05) is 34.6 Å². The molecule has 1 aliphatic carbocycles. The molecule has 1 fully saturated rings. The standard InChI is InChI=1S/C17H30N4/c1-7-18-14-10-15(21-16(20-14)17(4,5)6)19-13-9-8-11(2)12(13)3/h10-13H,7-9H2,1-6H3,(H2,18,19,20,21). The summed E-state index contributed by atoms with van der Waals surface area (Å²) in [7, 11) is 0. The third-order valence-electron chi connectivity index (χ3n) is 4.55. The molecule has 0 spiro atoms. The maximum absolute atomic E-state index is 4.75. The average Bonchev–Trinajstić information content (AvgIpc) is 2.70. The highest BCUT2D eigenvalue weighted by Crippen LogP contribution is 2.33. The fourth-order valence-corrected chi connectivity index (χ4v) is 2.89. The van der Waals surface area contributed by atoms with Crippen LogP contribution in [0.2, 0.25) is 0 Å². The summed E-state index contributed by atoms with van der Waals surface area (Å²) in [5.74, 6) is 4.25. The smallest absolute Gasteiger partial charge is 0.138 e. The first kappa shape index (κ1) is 16.1. The van der Waals surface area contributed by atoms with Crippen molar-refractivity contribution in [2.75, 3.05) is 17.2 Å². The van der Waals surface area contributed by atoms with Crippen molar-refractivity contribution in [1.29, 1.82) is 0 Å². The zero-order valence-corrected chi connectivity index (χ0v) is 14.3. The van der Waals surface area contributed by atoms with Gasteiger partial charge in [0.25, 0.3) is 0 Å². The van der Waals surface area contributed by atoms with E-state index in [4.69, 9.17) is 4.98 Å². The van der Waals surface area contributed by atoms with Crippen LogP contribution in [0, 0.1) is 11.8 Å². The van der Waals surface area contributed by atoms with Gasteiger partial charge in [0.2, 0.25) is 0 Å². The van der Waals surface area contributed by atoms with Crippen LogP contribution in [0.1, 0.15) is 60.2 Å². The van der Waals surface area contributed by atoms with Crippen LogP contribution in [0.15, 0.2) is 6.07 Å². The summed E-state index contributed by atoms with van der Waals surface area (Å²) in [6.07, 6.45) is 2.53. The van der Waals surface area contributed by atoms with E-state index >= 15 is 0 Å². The van der Waals surface area contributed by atoms with Crippen molar-refractivity contribution in [2.45, 2.75) is 65.8 Å². The van der Waals surface area contributed by atoms with Gasteiger partial charge in [0.05, 0.1) is 0 Å². The minimum atomic E-state index is -0.0452. The molecular formula is C17H30N4. The number of anilines is 2. The van der Waals surface area contributed by atoms with Crippen molar-refractivity contribution < 1.29 is 0 Å². The van der Waals surface area contributed by atoms with Gasteiger partial charge in [-0.3, -0.25) is 0 Å². The maximum Gasteiger partial charge on any atom is 0.138 e. The van der Waals surface area contributed by atoms with Crippen LogP contribution in [-0.2, 0) is 5.41 Å². The van der Waals surface area contributed by atoms with E-state index in [2.05, 4.69) is 57.2 Å². The van der Waals surface area contributed by atoms with E-state index in [0.717, 1.165) is 29.9 Å². The van der Waals surface area contributed by atoms with E-state index in [9.17, 15) is 0 Å². The molecule has 1 aromatic rings. The summed E-state index contributed by atoms with van der Waals surface area (Å²) in [6.45, 7) is 14.1. The number of hydrogen-bond donors (Lipinski definition) is 2. The Labute approximate surface area is 129 Å². The predicted molar refractivity (Wildman–Crippen MR) is 89.9 cm³/mol. The first-order valence-corrected chi connectivity index (χ1v) is 8.21. The van der Waals surface area contributed by atoms with Crippen LogP contribution in [0.3, 0.4) is 0 Å². The van der Waals surface area contributed by atoms with Gasteiger partial charge in [-0.05, 0) is 31.6 Å². The second-order valence-corrected chi connectivity index (χ2v) is 7.41. The van der Waals surface area contributed by atoms with Crippen molar-refractivity contribution in [1.82, 2.24) is 9.97 Å². The van der Waals surface area contributed by atoms with Crippen molar-refractivity contribution >= 4 is 11.6 Å². The van der Waals surface area contributed by atoms with E-state index in [1.807, 2.05) is 6.07 Å². The fraction of sp³-hybridized carbons (Fsp3) is 0.765. The van der Waals surface area contributed by atoms with Gasteiger partial charge in [-0.15, -0.1) is 0 Å². The molecule has 1 aliphatic rings. The Balaban J connectivity index is 2.24. The molecule has 2 N–H and O–H groups in total. The van der Waals surface area contributed by atoms with Crippen molar-refractivity contribution in [3.05, 3.63) is 11.9 Å². The Kier molecular flexibility index (Phi) is 4.74. The second kappa shape index (κ2) is 6.20. The third kappa shape index (κ3) is 3.86. The van der Waals surface area contributed by atoms with E-state index in [1.54, 1.807) is 0 Å². The first-order chi connectivity index (χ1) is 9.81. The lowest BCUT2D eigenvalue weighted by Crippen LogP contribution is -2.26. The molecule has 0 amide bonds. The van der Waals surface area contributed by atoms with Crippen LogP contribution in [0.4, 0.5) is 11.6 Å². The largest absolute Gasteiger partial charge is 0.370 e. The Morgan fingerprint density at radius 2 is 1.81 bits per heavy atom. The molecule has 118 valence electrons. The van der Waals surface area contributed by atoms with Crippen LogP contribution >= 0.6 is 0 Å². The molecule has 1 heterocycles. The SMILES string of the molecule is CCNc1cc(NC2CCC(C)C2C)nc(C(C)(C)C)n1. The first-order valence-electron chi connectivity index (χ1n) is 8.21.